The Kier molecular flexibility index (Phi) is 3.01. The molecule has 0 spiro atoms. The van der Waals surface area contributed by atoms with E-state index < -0.39 is 0 Å². The van der Waals surface area contributed by atoms with E-state index in [-0.39, 0.29) is 0 Å². The van der Waals surface area contributed by atoms with Crippen LogP contribution in [0.4, 0.5) is 0 Å². The first-order chi connectivity index (χ1) is 6.59. The lowest BCUT2D eigenvalue weighted by molar-refractivity contribution is 0.380. The third-order valence-electron chi connectivity index (χ3n) is 2.85. The van der Waals surface area contributed by atoms with Gasteiger partial charge in [-0.25, -0.2) is 0 Å². The van der Waals surface area contributed by atoms with Gasteiger partial charge in [0.15, 0.2) is 0 Å². The van der Waals surface area contributed by atoms with E-state index in [0.29, 0.717) is 17.9 Å². The summed E-state index contributed by atoms with van der Waals surface area (Å²) in [4.78, 5) is 1.56. The molecule has 0 aliphatic carbocycles. The van der Waals surface area contributed by atoms with Crippen LogP contribution in [0.15, 0.2) is 9.85 Å². The van der Waals surface area contributed by atoms with Gasteiger partial charge >= 0.3 is 0 Å². The van der Waals surface area contributed by atoms with E-state index in [2.05, 4.69) is 48.1 Å². The van der Waals surface area contributed by atoms with Crippen LogP contribution in [0.5, 0.6) is 0 Å². The van der Waals surface area contributed by atoms with E-state index in [0.717, 1.165) is 6.54 Å². The first kappa shape index (κ1) is 10.7. The first-order valence-corrected chi connectivity index (χ1v) is 6.73. The van der Waals surface area contributed by atoms with Crippen LogP contribution in [0.25, 0.3) is 0 Å². The monoisotopic (exact) mass is 273 g/mol. The van der Waals surface area contributed by atoms with Gasteiger partial charge in [-0.1, -0.05) is 20.8 Å². The maximum atomic E-state index is 3.62. The molecule has 2 rings (SSSR count). The van der Waals surface area contributed by atoms with Gasteiger partial charge in [0.05, 0.1) is 3.79 Å². The molecule has 0 fully saturated rings. The van der Waals surface area contributed by atoms with Gasteiger partial charge in [-0.2, -0.15) is 0 Å². The summed E-state index contributed by atoms with van der Waals surface area (Å²) in [6.07, 6.45) is 0. The molecule has 3 heteroatoms. The zero-order valence-corrected chi connectivity index (χ0v) is 11.2. The van der Waals surface area contributed by atoms with Gasteiger partial charge in [-0.15, -0.1) is 11.3 Å². The van der Waals surface area contributed by atoms with Crippen molar-refractivity contribution in [2.75, 3.05) is 6.54 Å². The molecular formula is C11H16BrNS. The van der Waals surface area contributed by atoms with Crippen LogP contribution in [-0.4, -0.2) is 6.54 Å². The molecular weight excluding hydrogens is 258 g/mol. The minimum absolute atomic E-state index is 0.545. The molecule has 78 valence electrons. The number of thiophene rings is 1. The van der Waals surface area contributed by atoms with Gasteiger partial charge in [0.2, 0.25) is 0 Å². The number of hydrogen-bond acceptors (Lipinski definition) is 2. The Morgan fingerprint density at radius 1 is 1.57 bits per heavy atom. The Morgan fingerprint density at radius 3 is 2.93 bits per heavy atom. The summed E-state index contributed by atoms with van der Waals surface area (Å²) in [6, 6.07) is 2.83. The van der Waals surface area contributed by atoms with Gasteiger partial charge < -0.3 is 5.32 Å². The van der Waals surface area contributed by atoms with Crippen LogP contribution < -0.4 is 5.32 Å². The second-order valence-corrected chi connectivity index (χ2v) is 6.86. The molecule has 14 heavy (non-hydrogen) atoms. The lowest BCUT2D eigenvalue weighted by Gasteiger charge is -2.30. The highest BCUT2D eigenvalue weighted by Gasteiger charge is 2.28. The molecule has 0 saturated heterocycles. The highest BCUT2D eigenvalue weighted by atomic mass is 79.9. The predicted molar refractivity (Wildman–Crippen MR) is 66.0 cm³/mol. The van der Waals surface area contributed by atoms with Crippen LogP contribution in [0.3, 0.4) is 0 Å². The second kappa shape index (κ2) is 3.95. The Hall–Kier alpha value is 0.140. The van der Waals surface area contributed by atoms with Gasteiger partial charge in [0, 0.05) is 23.4 Å². The Bertz CT molecular complexity index is 332. The van der Waals surface area contributed by atoms with Crippen molar-refractivity contribution in [1.29, 1.82) is 0 Å². The SMILES string of the molecule is CC1CNC(C(C)C)c2cc(Br)sc21. The standard InChI is InChI=1S/C11H16BrNS/c1-6(2)10-8-4-9(12)14-11(8)7(3)5-13-10/h4,6-7,10,13H,5H2,1-3H3. The quantitative estimate of drug-likeness (QED) is 0.818. The van der Waals surface area contributed by atoms with E-state index in [1.165, 1.54) is 9.35 Å². The molecule has 1 aromatic heterocycles. The molecule has 0 radical (unpaired) electrons. The van der Waals surface area contributed by atoms with E-state index in [9.17, 15) is 0 Å². The lowest BCUT2D eigenvalue weighted by atomic mass is 9.89. The van der Waals surface area contributed by atoms with Crippen LogP contribution in [0.2, 0.25) is 0 Å². The largest absolute Gasteiger partial charge is 0.309 e. The van der Waals surface area contributed by atoms with Gasteiger partial charge in [-0.05, 0) is 33.5 Å². The zero-order chi connectivity index (χ0) is 10.3. The van der Waals surface area contributed by atoms with Gasteiger partial charge in [0.25, 0.3) is 0 Å². The van der Waals surface area contributed by atoms with Crippen molar-refractivity contribution in [3.05, 3.63) is 20.3 Å². The summed E-state index contributed by atoms with van der Waals surface area (Å²) in [5, 5.41) is 3.62. The van der Waals surface area contributed by atoms with Crippen molar-refractivity contribution in [3.63, 3.8) is 0 Å². The normalized spacial score (nSPS) is 26.6. The Morgan fingerprint density at radius 2 is 2.29 bits per heavy atom. The van der Waals surface area contributed by atoms with E-state index in [4.69, 9.17) is 0 Å². The van der Waals surface area contributed by atoms with Gasteiger partial charge in [0.1, 0.15) is 0 Å². The molecule has 1 nitrogen and oxygen atoms in total. The highest BCUT2D eigenvalue weighted by molar-refractivity contribution is 9.11. The molecule has 1 N–H and O–H groups in total. The highest BCUT2D eigenvalue weighted by Crippen LogP contribution is 2.41. The summed E-state index contributed by atoms with van der Waals surface area (Å²) in [7, 11) is 0. The second-order valence-electron chi connectivity index (χ2n) is 4.40. The topological polar surface area (TPSA) is 12.0 Å². The van der Waals surface area contributed by atoms with Crippen LogP contribution in [0.1, 0.15) is 43.2 Å². The minimum Gasteiger partial charge on any atom is -0.309 e. The molecule has 0 amide bonds. The van der Waals surface area contributed by atoms with Crippen LogP contribution in [-0.2, 0) is 0 Å². The molecule has 2 heterocycles. The van der Waals surface area contributed by atoms with Crippen molar-refractivity contribution < 1.29 is 0 Å². The predicted octanol–water partition coefficient (Wildman–Crippen LogP) is 3.91. The third kappa shape index (κ3) is 1.77. The summed E-state index contributed by atoms with van der Waals surface area (Å²) < 4.78 is 1.27. The molecule has 0 saturated carbocycles. The third-order valence-corrected chi connectivity index (χ3v) is 4.74. The molecule has 2 atom stereocenters. The first-order valence-electron chi connectivity index (χ1n) is 5.12. The molecule has 2 unspecified atom stereocenters. The van der Waals surface area contributed by atoms with Crippen molar-refractivity contribution in [2.24, 2.45) is 5.92 Å². The fraction of sp³-hybridized carbons (Fsp3) is 0.636. The van der Waals surface area contributed by atoms with Crippen molar-refractivity contribution in [3.8, 4) is 0 Å². The molecule has 1 aromatic rings. The number of hydrogen-bond donors (Lipinski definition) is 1. The summed E-state index contributed by atoms with van der Waals surface area (Å²) in [5.74, 6) is 1.33. The Balaban J connectivity index is 2.41. The number of fused-ring (bicyclic) bond motifs is 1. The van der Waals surface area contributed by atoms with Crippen LogP contribution in [0, 0.1) is 5.92 Å². The maximum absolute atomic E-state index is 3.62. The van der Waals surface area contributed by atoms with E-state index in [1.807, 2.05) is 11.3 Å². The van der Waals surface area contributed by atoms with E-state index >= 15 is 0 Å². The summed E-state index contributed by atoms with van der Waals surface area (Å²) in [5.41, 5.74) is 1.51. The van der Waals surface area contributed by atoms with Gasteiger partial charge in [-0.3, -0.25) is 0 Å². The fourth-order valence-electron chi connectivity index (χ4n) is 2.12. The summed E-state index contributed by atoms with van der Waals surface area (Å²) >= 11 is 5.48. The molecule has 1 aliphatic heterocycles. The number of nitrogens with one attached hydrogen (secondary N) is 1. The molecule has 1 aliphatic rings. The number of halogens is 1. The van der Waals surface area contributed by atoms with Crippen molar-refractivity contribution in [2.45, 2.75) is 32.7 Å². The molecule has 0 bridgehead atoms. The Labute approximate surface area is 98.0 Å². The van der Waals surface area contributed by atoms with Crippen molar-refractivity contribution in [1.82, 2.24) is 5.32 Å². The van der Waals surface area contributed by atoms with Crippen molar-refractivity contribution >= 4 is 27.3 Å². The van der Waals surface area contributed by atoms with Crippen LogP contribution >= 0.6 is 27.3 Å². The smallest absolute Gasteiger partial charge is 0.0704 e. The minimum atomic E-state index is 0.545. The van der Waals surface area contributed by atoms with E-state index in [1.54, 1.807) is 4.88 Å². The fourth-order valence-corrected chi connectivity index (χ4v) is 3.87. The molecule has 0 aromatic carbocycles. The lowest BCUT2D eigenvalue weighted by Crippen LogP contribution is -2.33. The average molecular weight is 274 g/mol. The average Bonchev–Trinajstić information content (AvgIpc) is 2.47. The zero-order valence-electron chi connectivity index (χ0n) is 8.80. The maximum Gasteiger partial charge on any atom is 0.0704 e. The summed E-state index contributed by atoms with van der Waals surface area (Å²) in [6.45, 7) is 7.97. The number of rotatable bonds is 1.